The second-order valence-electron chi connectivity index (χ2n) is 12.6. The Morgan fingerprint density at radius 3 is 2.63 bits per heavy atom. The topological polar surface area (TPSA) is 103 Å². The Balaban J connectivity index is 1.67. The lowest BCUT2D eigenvalue weighted by Crippen LogP contribution is -2.39. The molecule has 10 heteroatoms. The van der Waals surface area contributed by atoms with Gasteiger partial charge in [-0.05, 0) is 54.0 Å². The summed E-state index contributed by atoms with van der Waals surface area (Å²) in [5, 5.41) is 15.9. The van der Waals surface area contributed by atoms with Crippen LogP contribution in [0.5, 0.6) is 0 Å². The molecule has 0 radical (unpaired) electrons. The van der Waals surface area contributed by atoms with Gasteiger partial charge in [0.25, 0.3) is 18.2 Å². The van der Waals surface area contributed by atoms with Crippen molar-refractivity contribution in [2.75, 3.05) is 18.4 Å². The molecule has 1 fully saturated rings. The van der Waals surface area contributed by atoms with Gasteiger partial charge in [-0.1, -0.05) is 58.9 Å². The zero-order valence-corrected chi connectivity index (χ0v) is 25.5. The van der Waals surface area contributed by atoms with Crippen LogP contribution in [0.25, 0.3) is 11.0 Å². The van der Waals surface area contributed by atoms with Crippen LogP contribution in [0.4, 0.5) is 14.7 Å². The summed E-state index contributed by atoms with van der Waals surface area (Å²) >= 11 is 0. The monoisotopic (exact) mass is 590 g/mol. The highest BCUT2D eigenvalue weighted by Crippen LogP contribution is 2.28. The van der Waals surface area contributed by atoms with Gasteiger partial charge in [0.1, 0.15) is 11.6 Å². The van der Waals surface area contributed by atoms with Crippen molar-refractivity contribution in [3.8, 4) is 6.07 Å². The van der Waals surface area contributed by atoms with Crippen LogP contribution in [-0.4, -0.2) is 45.4 Å². The van der Waals surface area contributed by atoms with Gasteiger partial charge in [-0.3, -0.25) is 14.9 Å². The summed E-state index contributed by atoms with van der Waals surface area (Å²) < 4.78 is 28.5. The van der Waals surface area contributed by atoms with E-state index >= 15 is 0 Å². The Hall–Kier alpha value is -4.10. The van der Waals surface area contributed by atoms with Crippen LogP contribution in [0.15, 0.2) is 54.1 Å². The summed E-state index contributed by atoms with van der Waals surface area (Å²) in [5.74, 6) is -0.545. The molecule has 0 saturated carbocycles. The Labute approximate surface area is 251 Å². The summed E-state index contributed by atoms with van der Waals surface area (Å²) in [7, 11) is 0. The second-order valence-corrected chi connectivity index (χ2v) is 12.6. The number of hydrogen-bond acceptors (Lipinski definition) is 5. The fourth-order valence-corrected chi connectivity index (χ4v) is 5.28. The van der Waals surface area contributed by atoms with Crippen LogP contribution in [-0.2, 0) is 17.9 Å². The predicted octanol–water partition coefficient (Wildman–Crippen LogP) is 6.46. The molecule has 43 heavy (non-hydrogen) atoms. The van der Waals surface area contributed by atoms with E-state index < -0.39 is 12.3 Å². The molecule has 1 aromatic heterocycles. The Kier molecular flexibility index (Phi) is 9.97. The van der Waals surface area contributed by atoms with E-state index in [2.05, 4.69) is 37.5 Å². The first-order valence-electron chi connectivity index (χ1n) is 14.7. The molecule has 1 saturated heterocycles. The standard InChI is InChI=1S/C33H40F2N6O2/c1-21(2)14-25(17-36)31(43)40-13-7-10-26(40)19-41-28-12-11-22(18-37-20-33(3,4)5)15-27(28)38-32(41)39-30(42)24-9-6-8-23(16-24)29(34)35/h6,8-9,11-12,14-16,21,26,29,37H,7,10,13,18-20H2,1-5H3,(H,38,39,42)/b25-14+/t26-/m1/s1. The van der Waals surface area contributed by atoms with Crippen LogP contribution in [0.1, 0.15) is 75.4 Å². The molecule has 2 amide bonds. The molecule has 8 nitrogen and oxygen atoms in total. The number of alkyl halides is 2. The predicted molar refractivity (Wildman–Crippen MR) is 164 cm³/mol. The fourth-order valence-electron chi connectivity index (χ4n) is 5.28. The van der Waals surface area contributed by atoms with E-state index in [0.717, 1.165) is 30.5 Å². The van der Waals surface area contributed by atoms with Crippen molar-refractivity contribution in [3.05, 3.63) is 70.8 Å². The Morgan fingerprint density at radius 2 is 1.95 bits per heavy atom. The largest absolute Gasteiger partial charge is 0.333 e. The highest BCUT2D eigenvalue weighted by atomic mass is 19.3. The van der Waals surface area contributed by atoms with Gasteiger partial charge < -0.3 is 14.8 Å². The van der Waals surface area contributed by atoms with Gasteiger partial charge in [0, 0.05) is 37.3 Å². The second kappa shape index (κ2) is 13.5. The average molecular weight is 591 g/mol. The Bertz CT molecular complexity index is 1550. The molecule has 3 aromatic rings. The number of imidazole rings is 1. The van der Waals surface area contributed by atoms with Crippen molar-refractivity contribution in [3.63, 3.8) is 0 Å². The maximum atomic E-state index is 13.3. The van der Waals surface area contributed by atoms with Gasteiger partial charge in [0.2, 0.25) is 5.95 Å². The number of benzene rings is 2. The maximum absolute atomic E-state index is 13.3. The van der Waals surface area contributed by atoms with Crippen molar-refractivity contribution in [2.45, 2.75) is 73.0 Å². The van der Waals surface area contributed by atoms with Crippen LogP contribution in [0, 0.1) is 22.7 Å². The molecule has 1 aliphatic rings. The van der Waals surface area contributed by atoms with E-state index in [4.69, 9.17) is 4.98 Å². The summed E-state index contributed by atoms with van der Waals surface area (Å²) in [6, 6.07) is 13.1. The number of likely N-dealkylation sites (tertiary alicyclic amines) is 1. The van der Waals surface area contributed by atoms with Crippen LogP contribution in [0.2, 0.25) is 0 Å². The van der Waals surface area contributed by atoms with Gasteiger partial charge in [-0.2, -0.15) is 5.26 Å². The zero-order chi connectivity index (χ0) is 31.3. The number of aromatic nitrogens is 2. The summed E-state index contributed by atoms with van der Waals surface area (Å²) in [5.41, 5.74) is 2.57. The number of nitriles is 1. The van der Waals surface area contributed by atoms with Gasteiger partial charge in [-0.15, -0.1) is 0 Å². The third kappa shape index (κ3) is 8.05. The van der Waals surface area contributed by atoms with Crippen molar-refractivity contribution in [1.29, 1.82) is 5.26 Å². The number of rotatable bonds is 10. The van der Waals surface area contributed by atoms with Gasteiger partial charge in [0.05, 0.1) is 17.1 Å². The highest BCUT2D eigenvalue weighted by molar-refractivity contribution is 6.04. The maximum Gasteiger partial charge on any atom is 0.264 e. The number of allylic oxidation sites excluding steroid dienone is 1. The van der Waals surface area contributed by atoms with Gasteiger partial charge >= 0.3 is 0 Å². The minimum absolute atomic E-state index is 0.0507. The van der Waals surface area contributed by atoms with E-state index in [0.29, 0.717) is 25.2 Å². The summed E-state index contributed by atoms with van der Waals surface area (Å²) in [6.45, 7) is 12.7. The first-order valence-corrected chi connectivity index (χ1v) is 14.7. The number of carbonyl (C=O) groups is 2. The average Bonchev–Trinajstić information content (AvgIpc) is 3.55. The van der Waals surface area contributed by atoms with Crippen LogP contribution >= 0.6 is 0 Å². The van der Waals surface area contributed by atoms with Crippen LogP contribution < -0.4 is 10.6 Å². The molecule has 4 rings (SSSR count). The number of anilines is 1. The highest BCUT2D eigenvalue weighted by Gasteiger charge is 2.32. The number of carbonyl (C=O) groups excluding carboxylic acids is 2. The van der Waals surface area contributed by atoms with Crippen molar-refractivity contribution >= 4 is 28.8 Å². The van der Waals surface area contributed by atoms with E-state index in [1.54, 1.807) is 11.0 Å². The molecule has 0 spiro atoms. The number of nitrogens with zero attached hydrogens (tertiary/aromatic N) is 4. The normalized spacial score (nSPS) is 15.9. The summed E-state index contributed by atoms with van der Waals surface area (Å²) in [6.07, 6.45) is 0.495. The number of hydrogen-bond donors (Lipinski definition) is 2. The SMILES string of the molecule is CC(C)/C=C(\C#N)C(=O)N1CCC[C@@H]1Cn1c(NC(=O)c2cccc(C(F)F)c2)nc2cc(CNCC(C)(C)C)ccc21. The summed E-state index contributed by atoms with van der Waals surface area (Å²) in [4.78, 5) is 33.0. The van der Waals surface area contributed by atoms with E-state index in [9.17, 15) is 23.6 Å². The molecule has 228 valence electrons. The number of fused-ring (bicyclic) bond motifs is 1. The third-order valence-corrected chi connectivity index (χ3v) is 7.31. The minimum Gasteiger partial charge on any atom is -0.333 e. The molecule has 1 atom stereocenters. The number of nitrogens with one attached hydrogen (secondary N) is 2. The first kappa shape index (κ1) is 31.8. The van der Waals surface area contributed by atoms with Gasteiger partial charge in [-0.25, -0.2) is 13.8 Å². The van der Waals surface area contributed by atoms with Crippen molar-refractivity contribution in [2.24, 2.45) is 11.3 Å². The zero-order valence-electron chi connectivity index (χ0n) is 25.5. The minimum atomic E-state index is -2.70. The van der Waals surface area contributed by atoms with Gasteiger partial charge in [0.15, 0.2) is 0 Å². The van der Waals surface area contributed by atoms with E-state index in [1.165, 1.54) is 24.3 Å². The molecule has 0 unspecified atom stereocenters. The molecule has 2 aromatic carbocycles. The lowest BCUT2D eigenvalue weighted by Gasteiger charge is -2.26. The molecule has 2 heterocycles. The Morgan fingerprint density at radius 1 is 1.19 bits per heavy atom. The first-order chi connectivity index (χ1) is 20.4. The molecular formula is C33H40F2N6O2. The molecule has 0 bridgehead atoms. The fraction of sp³-hybridized carbons (Fsp3) is 0.455. The lowest BCUT2D eigenvalue weighted by atomic mass is 9.97. The lowest BCUT2D eigenvalue weighted by molar-refractivity contribution is -0.127. The van der Waals surface area contributed by atoms with E-state index in [-0.39, 0.29) is 45.9 Å². The molecular weight excluding hydrogens is 550 g/mol. The van der Waals surface area contributed by atoms with Crippen molar-refractivity contribution in [1.82, 2.24) is 19.8 Å². The number of amides is 2. The van der Waals surface area contributed by atoms with Crippen molar-refractivity contribution < 1.29 is 18.4 Å². The smallest absolute Gasteiger partial charge is 0.264 e. The third-order valence-electron chi connectivity index (χ3n) is 7.31. The van der Waals surface area contributed by atoms with E-state index in [1.807, 2.05) is 36.6 Å². The number of halogens is 2. The molecule has 2 N–H and O–H groups in total. The molecule has 1 aliphatic heterocycles. The van der Waals surface area contributed by atoms with Crippen LogP contribution in [0.3, 0.4) is 0 Å². The molecule has 0 aliphatic carbocycles. The quantitative estimate of drug-likeness (QED) is 0.208.